The first-order valence-electron chi connectivity index (χ1n) is 5.79. The van der Waals surface area contributed by atoms with Crippen molar-refractivity contribution in [3.05, 3.63) is 52.4 Å². The zero-order chi connectivity index (χ0) is 14.0. The molecule has 19 heavy (non-hydrogen) atoms. The molecule has 0 amide bonds. The first-order valence-corrected chi connectivity index (χ1v) is 6.17. The Hall–Kier alpha value is -1.94. The molecule has 1 aromatic carbocycles. The predicted molar refractivity (Wildman–Crippen MR) is 73.6 cm³/mol. The maximum Gasteiger partial charge on any atom is 0.334 e. The number of benzene rings is 1. The van der Waals surface area contributed by atoms with Crippen LogP contribution in [0.2, 0.25) is 5.02 Å². The van der Waals surface area contributed by atoms with E-state index in [9.17, 15) is 9.90 Å². The maximum atomic E-state index is 11.4. The Morgan fingerprint density at radius 1 is 1.32 bits per heavy atom. The fourth-order valence-electron chi connectivity index (χ4n) is 1.77. The minimum atomic E-state index is -1.01. The van der Waals surface area contributed by atoms with Crippen molar-refractivity contribution in [2.45, 2.75) is 19.9 Å². The smallest absolute Gasteiger partial charge is 0.334 e. The molecule has 100 valence electrons. The Balaban J connectivity index is 2.31. The monoisotopic (exact) mass is 279 g/mol. The Morgan fingerprint density at radius 3 is 2.63 bits per heavy atom. The lowest BCUT2D eigenvalue weighted by atomic mass is 10.1. The van der Waals surface area contributed by atoms with Gasteiger partial charge in [0.1, 0.15) is 11.5 Å². The van der Waals surface area contributed by atoms with E-state index in [-0.39, 0.29) is 0 Å². The van der Waals surface area contributed by atoms with Crippen molar-refractivity contribution in [2.75, 3.05) is 5.32 Å². The summed E-state index contributed by atoms with van der Waals surface area (Å²) < 4.78 is 5.37. The molecule has 0 aliphatic carbocycles. The maximum absolute atomic E-state index is 11.4. The Morgan fingerprint density at radius 2 is 2.05 bits per heavy atom. The highest BCUT2D eigenvalue weighted by Gasteiger charge is 2.23. The van der Waals surface area contributed by atoms with Gasteiger partial charge in [-0.3, -0.25) is 0 Å². The molecule has 1 aromatic heterocycles. The Labute approximate surface area is 116 Å². The number of hydrogen-bond donors (Lipinski definition) is 2. The van der Waals surface area contributed by atoms with Gasteiger partial charge in [-0.1, -0.05) is 17.7 Å². The van der Waals surface area contributed by atoms with Crippen molar-refractivity contribution >= 4 is 23.3 Å². The summed E-state index contributed by atoms with van der Waals surface area (Å²) in [5.41, 5.74) is 1.59. The third-order valence-corrected chi connectivity index (χ3v) is 3.03. The third-order valence-electron chi connectivity index (χ3n) is 2.79. The van der Waals surface area contributed by atoms with Gasteiger partial charge in [0, 0.05) is 10.7 Å². The second-order valence-electron chi connectivity index (χ2n) is 4.32. The standard InChI is InChI=1S/C14H14ClNO3/c1-8-3-5-10(15)7-11(8)16-13(14(17)18)12-6-4-9(2)19-12/h3-7,13,16H,1-2H3,(H,17,18). The van der Waals surface area contributed by atoms with Gasteiger partial charge >= 0.3 is 5.97 Å². The minimum Gasteiger partial charge on any atom is -0.479 e. The summed E-state index contributed by atoms with van der Waals surface area (Å²) in [5, 5.41) is 12.8. The highest BCUT2D eigenvalue weighted by atomic mass is 35.5. The third kappa shape index (κ3) is 3.09. The highest BCUT2D eigenvalue weighted by molar-refractivity contribution is 6.30. The van der Waals surface area contributed by atoms with Crippen LogP contribution in [0.5, 0.6) is 0 Å². The average Bonchev–Trinajstić information content (AvgIpc) is 2.76. The van der Waals surface area contributed by atoms with Gasteiger partial charge < -0.3 is 14.8 Å². The molecule has 0 aliphatic heterocycles. The normalized spacial score (nSPS) is 12.2. The molecule has 0 saturated heterocycles. The average molecular weight is 280 g/mol. The van der Waals surface area contributed by atoms with E-state index in [2.05, 4.69) is 5.32 Å². The van der Waals surface area contributed by atoms with Crippen LogP contribution >= 0.6 is 11.6 Å². The minimum absolute atomic E-state index is 0.365. The van der Waals surface area contributed by atoms with Crippen molar-refractivity contribution in [2.24, 2.45) is 0 Å². The van der Waals surface area contributed by atoms with Crippen LogP contribution in [0.3, 0.4) is 0 Å². The van der Waals surface area contributed by atoms with Gasteiger partial charge in [-0.25, -0.2) is 4.79 Å². The van der Waals surface area contributed by atoms with Crippen LogP contribution in [0.25, 0.3) is 0 Å². The van der Waals surface area contributed by atoms with Crippen molar-refractivity contribution in [1.82, 2.24) is 0 Å². The summed E-state index contributed by atoms with van der Waals surface area (Å²) in [6.07, 6.45) is 0. The highest BCUT2D eigenvalue weighted by Crippen LogP contribution is 2.26. The molecule has 0 bridgehead atoms. The van der Waals surface area contributed by atoms with Crippen LogP contribution < -0.4 is 5.32 Å². The van der Waals surface area contributed by atoms with Crippen LogP contribution in [0.15, 0.2) is 34.7 Å². The first-order chi connectivity index (χ1) is 8.97. The summed E-state index contributed by atoms with van der Waals surface area (Å²) in [6, 6.07) is 7.73. The van der Waals surface area contributed by atoms with Gasteiger partial charge in [-0.15, -0.1) is 0 Å². The fourth-order valence-corrected chi connectivity index (χ4v) is 1.94. The largest absolute Gasteiger partial charge is 0.479 e. The zero-order valence-corrected chi connectivity index (χ0v) is 11.4. The van der Waals surface area contributed by atoms with Gasteiger partial charge in [-0.05, 0) is 43.7 Å². The summed E-state index contributed by atoms with van der Waals surface area (Å²) in [5.74, 6) is 0.0315. The SMILES string of the molecule is Cc1ccc(C(Nc2cc(Cl)ccc2C)C(=O)O)o1. The molecule has 0 radical (unpaired) electrons. The number of aryl methyl sites for hydroxylation is 2. The first kappa shape index (κ1) is 13.5. The van der Waals surface area contributed by atoms with Crippen LogP contribution in [0.1, 0.15) is 23.1 Å². The number of hydrogen-bond acceptors (Lipinski definition) is 3. The fraction of sp³-hybridized carbons (Fsp3) is 0.214. The molecular formula is C14H14ClNO3. The van der Waals surface area contributed by atoms with E-state index in [4.69, 9.17) is 16.0 Å². The van der Waals surface area contributed by atoms with E-state index < -0.39 is 12.0 Å². The number of carbonyl (C=O) groups is 1. The van der Waals surface area contributed by atoms with Crippen molar-refractivity contribution in [3.63, 3.8) is 0 Å². The summed E-state index contributed by atoms with van der Waals surface area (Å²) in [4.78, 5) is 11.4. The molecule has 2 N–H and O–H groups in total. The van der Waals surface area contributed by atoms with E-state index in [1.807, 2.05) is 13.0 Å². The number of carboxylic acid groups (broad SMARTS) is 1. The molecule has 0 spiro atoms. The van der Waals surface area contributed by atoms with Crippen molar-refractivity contribution in [3.8, 4) is 0 Å². The summed E-state index contributed by atoms with van der Waals surface area (Å²) >= 11 is 5.92. The molecule has 5 heteroatoms. The Bertz CT molecular complexity index is 606. The number of anilines is 1. The van der Waals surface area contributed by atoms with Crippen LogP contribution in [-0.4, -0.2) is 11.1 Å². The topological polar surface area (TPSA) is 62.5 Å². The van der Waals surface area contributed by atoms with E-state index >= 15 is 0 Å². The number of nitrogens with one attached hydrogen (secondary N) is 1. The second-order valence-corrected chi connectivity index (χ2v) is 4.76. The predicted octanol–water partition coefficient (Wildman–Crippen LogP) is 3.79. The molecule has 2 rings (SSSR count). The molecule has 1 unspecified atom stereocenters. The van der Waals surface area contributed by atoms with Gasteiger partial charge in [0.2, 0.25) is 0 Å². The second kappa shape index (κ2) is 5.36. The lowest BCUT2D eigenvalue weighted by molar-refractivity contribution is -0.138. The quantitative estimate of drug-likeness (QED) is 0.894. The van der Waals surface area contributed by atoms with Crippen LogP contribution in [0, 0.1) is 13.8 Å². The molecule has 1 atom stereocenters. The Kier molecular flexibility index (Phi) is 3.81. The molecule has 0 aliphatic rings. The molecule has 4 nitrogen and oxygen atoms in total. The van der Waals surface area contributed by atoms with Crippen molar-refractivity contribution < 1.29 is 14.3 Å². The van der Waals surface area contributed by atoms with Gasteiger partial charge in [0.05, 0.1) is 0 Å². The zero-order valence-electron chi connectivity index (χ0n) is 10.6. The van der Waals surface area contributed by atoms with Crippen LogP contribution in [0.4, 0.5) is 5.69 Å². The molecular weight excluding hydrogens is 266 g/mol. The molecule has 0 fully saturated rings. The van der Waals surface area contributed by atoms with Crippen molar-refractivity contribution in [1.29, 1.82) is 0 Å². The van der Waals surface area contributed by atoms with Gasteiger partial charge in [0.25, 0.3) is 0 Å². The lowest BCUT2D eigenvalue weighted by Crippen LogP contribution is -2.20. The summed E-state index contributed by atoms with van der Waals surface area (Å²) in [7, 11) is 0. The van der Waals surface area contributed by atoms with E-state index in [1.165, 1.54) is 0 Å². The number of halogens is 1. The van der Waals surface area contributed by atoms with E-state index in [0.717, 1.165) is 5.56 Å². The molecule has 2 aromatic rings. The molecule has 0 saturated carbocycles. The van der Waals surface area contributed by atoms with E-state index in [0.29, 0.717) is 22.2 Å². The van der Waals surface area contributed by atoms with Crippen LogP contribution in [-0.2, 0) is 4.79 Å². The van der Waals surface area contributed by atoms with Gasteiger partial charge in [0.15, 0.2) is 6.04 Å². The molecule has 1 heterocycles. The number of aliphatic carboxylic acids is 1. The van der Waals surface area contributed by atoms with E-state index in [1.54, 1.807) is 31.2 Å². The summed E-state index contributed by atoms with van der Waals surface area (Å²) in [6.45, 7) is 3.65. The number of carboxylic acids is 1. The van der Waals surface area contributed by atoms with Gasteiger partial charge in [-0.2, -0.15) is 0 Å². The lowest BCUT2D eigenvalue weighted by Gasteiger charge is -2.15. The number of rotatable bonds is 4. The number of furan rings is 1.